The Kier molecular flexibility index (Phi) is 5.29. The smallest absolute Gasteiger partial charge is 0.387 e. The van der Waals surface area contributed by atoms with Crippen molar-refractivity contribution >= 4 is 10.9 Å². The van der Waals surface area contributed by atoms with Gasteiger partial charge >= 0.3 is 6.18 Å². The lowest BCUT2D eigenvalue weighted by molar-refractivity contribution is -0.139. The number of aromatic amines is 1. The van der Waals surface area contributed by atoms with Crippen LogP contribution in [0.5, 0.6) is 0 Å². The summed E-state index contributed by atoms with van der Waals surface area (Å²) in [5, 5.41) is 10.8. The molecular weight excluding hydrogens is 359 g/mol. The second-order valence-electron chi connectivity index (χ2n) is 6.33. The number of para-hydroxylation sites is 1. The van der Waals surface area contributed by atoms with E-state index in [-0.39, 0.29) is 24.2 Å². The highest BCUT2D eigenvalue weighted by Gasteiger charge is 2.34. The Labute approximate surface area is 153 Å². The molecule has 0 spiro atoms. The van der Waals surface area contributed by atoms with Crippen LogP contribution in [0.2, 0.25) is 0 Å². The lowest BCUT2D eigenvalue weighted by Gasteiger charge is -2.22. The SMILES string of the molecule is CN(Cc1nc2ccccc2c(=O)[nH]1)C[C@H](O)c1ccccc1C(F)(F)F. The zero-order valence-electron chi connectivity index (χ0n) is 14.5. The quantitative estimate of drug-likeness (QED) is 0.717. The van der Waals surface area contributed by atoms with Gasteiger partial charge in [-0.1, -0.05) is 30.3 Å². The lowest BCUT2D eigenvalue weighted by Crippen LogP contribution is -2.27. The van der Waals surface area contributed by atoms with Gasteiger partial charge in [0.2, 0.25) is 0 Å². The fourth-order valence-corrected chi connectivity index (χ4v) is 2.97. The van der Waals surface area contributed by atoms with E-state index in [2.05, 4.69) is 9.97 Å². The first-order valence-corrected chi connectivity index (χ1v) is 8.26. The first-order valence-electron chi connectivity index (χ1n) is 8.26. The van der Waals surface area contributed by atoms with E-state index in [1.807, 2.05) is 0 Å². The van der Waals surface area contributed by atoms with Crippen molar-refractivity contribution in [2.24, 2.45) is 0 Å². The molecule has 0 fully saturated rings. The van der Waals surface area contributed by atoms with Gasteiger partial charge < -0.3 is 10.1 Å². The summed E-state index contributed by atoms with van der Waals surface area (Å²) in [5.41, 5.74) is -0.792. The minimum Gasteiger partial charge on any atom is -0.387 e. The number of halogens is 3. The Balaban J connectivity index is 1.77. The van der Waals surface area contributed by atoms with Gasteiger partial charge in [-0.3, -0.25) is 9.69 Å². The number of alkyl halides is 3. The van der Waals surface area contributed by atoms with E-state index in [0.717, 1.165) is 6.07 Å². The minimum atomic E-state index is -4.54. The van der Waals surface area contributed by atoms with Crippen molar-refractivity contribution in [3.63, 3.8) is 0 Å². The van der Waals surface area contributed by atoms with Gasteiger partial charge in [-0.25, -0.2) is 4.98 Å². The summed E-state index contributed by atoms with van der Waals surface area (Å²) in [7, 11) is 1.63. The third kappa shape index (κ3) is 4.35. The summed E-state index contributed by atoms with van der Waals surface area (Å²) in [6.07, 6.45) is -5.87. The van der Waals surface area contributed by atoms with Crippen LogP contribution in [-0.4, -0.2) is 33.6 Å². The summed E-state index contributed by atoms with van der Waals surface area (Å²) >= 11 is 0. The van der Waals surface area contributed by atoms with E-state index >= 15 is 0 Å². The number of benzene rings is 2. The molecule has 142 valence electrons. The predicted molar refractivity (Wildman–Crippen MR) is 95.1 cm³/mol. The first kappa shape index (κ1) is 19.1. The molecule has 27 heavy (non-hydrogen) atoms. The molecule has 3 rings (SSSR count). The number of hydrogen-bond acceptors (Lipinski definition) is 4. The second-order valence-corrected chi connectivity index (χ2v) is 6.33. The topological polar surface area (TPSA) is 69.2 Å². The molecule has 1 atom stereocenters. The Morgan fingerprint density at radius 2 is 1.81 bits per heavy atom. The van der Waals surface area contributed by atoms with Crippen LogP contribution in [0.1, 0.15) is 23.1 Å². The summed E-state index contributed by atoms with van der Waals surface area (Å²) in [4.78, 5) is 20.7. The van der Waals surface area contributed by atoms with Crippen LogP contribution in [0, 0.1) is 0 Å². The number of aromatic nitrogens is 2. The van der Waals surface area contributed by atoms with Crippen LogP contribution in [0.4, 0.5) is 13.2 Å². The number of H-pyrrole nitrogens is 1. The molecule has 1 heterocycles. The van der Waals surface area contributed by atoms with Crippen molar-refractivity contribution in [2.75, 3.05) is 13.6 Å². The fraction of sp³-hybridized carbons (Fsp3) is 0.263. The Morgan fingerprint density at radius 1 is 1.15 bits per heavy atom. The molecule has 0 radical (unpaired) electrons. The molecule has 0 bridgehead atoms. The summed E-state index contributed by atoms with van der Waals surface area (Å²) in [6.45, 7) is 0.120. The third-order valence-electron chi connectivity index (χ3n) is 4.19. The highest BCUT2D eigenvalue weighted by Crippen LogP contribution is 2.34. The molecule has 5 nitrogen and oxygen atoms in total. The van der Waals surface area contributed by atoms with Gasteiger partial charge in [0, 0.05) is 6.54 Å². The number of hydrogen-bond donors (Lipinski definition) is 2. The maximum Gasteiger partial charge on any atom is 0.416 e. The Hall–Kier alpha value is -2.71. The molecule has 0 aliphatic carbocycles. The molecule has 8 heteroatoms. The Bertz CT molecular complexity index is 1000. The van der Waals surface area contributed by atoms with Gasteiger partial charge in [-0.2, -0.15) is 13.2 Å². The number of fused-ring (bicyclic) bond motifs is 1. The maximum atomic E-state index is 13.1. The highest BCUT2D eigenvalue weighted by atomic mass is 19.4. The molecule has 0 saturated carbocycles. The van der Waals surface area contributed by atoms with Gasteiger partial charge in [0.05, 0.1) is 29.1 Å². The van der Waals surface area contributed by atoms with Gasteiger partial charge in [-0.05, 0) is 30.8 Å². The summed E-state index contributed by atoms with van der Waals surface area (Å²) in [5.74, 6) is 0.373. The van der Waals surface area contributed by atoms with Crippen molar-refractivity contribution in [1.82, 2.24) is 14.9 Å². The van der Waals surface area contributed by atoms with E-state index in [1.165, 1.54) is 18.2 Å². The molecule has 1 aromatic heterocycles. The van der Waals surface area contributed by atoms with E-state index in [4.69, 9.17) is 0 Å². The molecule has 0 unspecified atom stereocenters. The molecule has 0 amide bonds. The van der Waals surface area contributed by atoms with E-state index in [9.17, 15) is 23.1 Å². The molecule has 0 saturated heterocycles. The minimum absolute atomic E-state index is 0.0520. The number of aliphatic hydroxyl groups excluding tert-OH is 1. The van der Waals surface area contributed by atoms with Crippen molar-refractivity contribution in [3.8, 4) is 0 Å². The highest BCUT2D eigenvalue weighted by molar-refractivity contribution is 5.77. The standard InChI is InChI=1S/C19H18F3N3O2/c1-25(10-16(26)12-6-2-4-8-14(12)19(20,21)22)11-17-23-15-9-5-3-7-13(15)18(27)24-17/h2-9,16,26H,10-11H2,1H3,(H,23,24,27)/t16-/m0/s1. The molecule has 0 aliphatic heterocycles. The predicted octanol–water partition coefficient (Wildman–Crippen LogP) is 3.11. The van der Waals surface area contributed by atoms with Crippen LogP contribution < -0.4 is 5.56 Å². The molecule has 2 aromatic carbocycles. The zero-order chi connectivity index (χ0) is 19.6. The van der Waals surface area contributed by atoms with Gasteiger partial charge in [0.25, 0.3) is 5.56 Å². The molecule has 2 N–H and O–H groups in total. The van der Waals surface area contributed by atoms with Crippen molar-refractivity contribution in [2.45, 2.75) is 18.8 Å². The summed E-state index contributed by atoms with van der Waals surface area (Å²) < 4.78 is 39.3. The first-order chi connectivity index (χ1) is 12.8. The normalized spacial score (nSPS) is 13.3. The van der Waals surface area contributed by atoms with Crippen LogP contribution in [0.3, 0.4) is 0 Å². The van der Waals surface area contributed by atoms with Gasteiger partial charge in [0.15, 0.2) is 0 Å². The average Bonchev–Trinajstić information content (AvgIpc) is 2.61. The fourth-order valence-electron chi connectivity index (χ4n) is 2.97. The zero-order valence-corrected chi connectivity index (χ0v) is 14.5. The van der Waals surface area contributed by atoms with Crippen LogP contribution in [-0.2, 0) is 12.7 Å². The van der Waals surface area contributed by atoms with E-state index in [1.54, 1.807) is 36.2 Å². The number of aliphatic hydroxyl groups is 1. The molecular formula is C19H18F3N3O2. The number of rotatable bonds is 5. The van der Waals surface area contributed by atoms with Crippen molar-refractivity contribution in [1.29, 1.82) is 0 Å². The molecule has 0 aliphatic rings. The monoisotopic (exact) mass is 377 g/mol. The lowest BCUT2D eigenvalue weighted by atomic mass is 10.0. The van der Waals surface area contributed by atoms with Gasteiger partial charge in [0.1, 0.15) is 5.82 Å². The van der Waals surface area contributed by atoms with Crippen LogP contribution in [0.25, 0.3) is 10.9 Å². The Morgan fingerprint density at radius 3 is 2.56 bits per heavy atom. The van der Waals surface area contributed by atoms with Gasteiger partial charge in [-0.15, -0.1) is 0 Å². The number of likely N-dealkylation sites (N-methyl/N-ethyl adjacent to an activating group) is 1. The van der Waals surface area contributed by atoms with Crippen LogP contribution in [0.15, 0.2) is 53.3 Å². The molecule has 3 aromatic rings. The average molecular weight is 377 g/mol. The maximum absolute atomic E-state index is 13.1. The third-order valence-corrected chi connectivity index (χ3v) is 4.19. The summed E-state index contributed by atoms with van der Waals surface area (Å²) in [6, 6.07) is 11.8. The van der Waals surface area contributed by atoms with E-state index in [0.29, 0.717) is 16.7 Å². The van der Waals surface area contributed by atoms with Crippen molar-refractivity contribution < 1.29 is 18.3 Å². The van der Waals surface area contributed by atoms with Crippen molar-refractivity contribution in [3.05, 3.63) is 75.8 Å². The van der Waals surface area contributed by atoms with E-state index < -0.39 is 17.8 Å². The second kappa shape index (κ2) is 7.50. The largest absolute Gasteiger partial charge is 0.416 e. The number of nitrogens with one attached hydrogen (secondary N) is 1. The van der Waals surface area contributed by atoms with Crippen LogP contribution >= 0.6 is 0 Å². The number of nitrogens with zero attached hydrogens (tertiary/aromatic N) is 2.